The Labute approximate surface area is 81.7 Å². The molecule has 0 radical (unpaired) electrons. The van der Waals surface area contributed by atoms with Crippen molar-refractivity contribution in [1.82, 2.24) is 0 Å². The molecule has 0 aromatic heterocycles. The fraction of sp³-hybridized carbons (Fsp3) is 0. The van der Waals surface area contributed by atoms with Crippen LogP contribution in [-0.4, -0.2) is 9.85 Å². The van der Waals surface area contributed by atoms with Crippen molar-refractivity contribution in [2.45, 2.75) is 0 Å². The molecule has 0 bridgehead atoms. The second kappa shape index (κ2) is 3.67. The van der Waals surface area contributed by atoms with Crippen LogP contribution < -0.4 is 0 Å². The first-order valence-electron chi connectivity index (χ1n) is 3.49. The highest BCUT2D eigenvalue weighted by Gasteiger charge is 2.26. The van der Waals surface area contributed by atoms with Crippen molar-refractivity contribution in [2.75, 3.05) is 0 Å². The highest BCUT2D eigenvalue weighted by Crippen LogP contribution is 2.27. The van der Waals surface area contributed by atoms with Gasteiger partial charge in [0.15, 0.2) is 0 Å². The number of nitro benzene ring substituents is 2. The Hall–Kier alpha value is -2.56. The van der Waals surface area contributed by atoms with Crippen molar-refractivity contribution >= 4 is 11.4 Å². The maximum Gasteiger partial charge on any atom is 0.313 e. The van der Waals surface area contributed by atoms with Crippen LogP contribution in [0.3, 0.4) is 0 Å². The zero-order valence-electron chi connectivity index (χ0n) is 7.01. The molecule has 0 aliphatic rings. The first kappa shape index (κ1) is 10.5. The summed E-state index contributed by atoms with van der Waals surface area (Å²) < 4.78 is 13.1. The molecule has 1 aromatic rings. The summed E-state index contributed by atoms with van der Waals surface area (Å²) in [7, 11) is 0. The number of rotatable bonds is 2. The summed E-state index contributed by atoms with van der Waals surface area (Å²) in [5.74, 6) is -1.55. The van der Waals surface area contributed by atoms with Gasteiger partial charge in [-0.05, 0) is 0 Å². The number of nitrogens with zero attached hydrogens (tertiary/aromatic N) is 3. The average molecular weight is 211 g/mol. The summed E-state index contributed by atoms with van der Waals surface area (Å²) in [6.45, 7) is 0. The van der Waals surface area contributed by atoms with Crippen LogP contribution in [0.2, 0.25) is 0 Å². The predicted octanol–water partition coefficient (Wildman–Crippen LogP) is 1.51. The van der Waals surface area contributed by atoms with Gasteiger partial charge in [0, 0.05) is 12.1 Å². The van der Waals surface area contributed by atoms with Crippen LogP contribution >= 0.6 is 0 Å². The molecular formula is C7H2FN3O4. The fourth-order valence-corrected chi connectivity index (χ4v) is 0.924. The van der Waals surface area contributed by atoms with Gasteiger partial charge in [-0.2, -0.15) is 9.65 Å². The Morgan fingerprint density at radius 3 is 1.87 bits per heavy atom. The molecule has 1 rings (SSSR count). The molecule has 15 heavy (non-hydrogen) atoms. The maximum atomic E-state index is 13.1. The largest absolute Gasteiger partial charge is 0.313 e. The van der Waals surface area contributed by atoms with E-state index in [9.17, 15) is 24.6 Å². The molecule has 1 aromatic carbocycles. The van der Waals surface area contributed by atoms with Crippen molar-refractivity contribution in [2.24, 2.45) is 0 Å². The van der Waals surface area contributed by atoms with E-state index in [-0.39, 0.29) is 5.56 Å². The number of nitro groups is 2. The van der Waals surface area contributed by atoms with Crippen LogP contribution in [0.4, 0.5) is 15.8 Å². The molecule has 0 saturated carbocycles. The summed E-state index contributed by atoms with van der Waals surface area (Å²) in [5, 5.41) is 29.0. The lowest BCUT2D eigenvalue weighted by Gasteiger charge is -1.96. The lowest BCUT2D eigenvalue weighted by Crippen LogP contribution is -1.99. The van der Waals surface area contributed by atoms with Gasteiger partial charge in [-0.3, -0.25) is 20.2 Å². The molecule has 76 valence electrons. The van der Waals surface area contributed by atoms with Gasteiger partial charge in [0.1, 0.15) is 0 Å². The van der Waals surface area contributed by atoms with Gasteiger partial charge < -0.3 is 0 Å². The quantitative estimate of drug-likeness (QED) is 0.543. The summed E-state index contributed by atoms with van der Waals surface area (Å²) in [4.78, 5) is 18.4. The molecule has 0 unspecified atom stereocenters. The van der Waals surface area contributed by atoms with Crippen molar-refractivity contribution in [3.63, 3.8) is 0 Å². The van der Waals surface area contributed by atoms with Gasteiger partial charge in [0.2, 0.25) is 0 Å². The lowest BCUT2D eigenvalue weighted by molar-refractivity contribution is -0.399. The molecule has 0 saturated heterocycles. The normalized spacial score (nSPS) is 9.33. The topological polar surface area (TPSA) is 110 Å². The molecule has 0 aliphatic heterocycles. The smallest absolute Gasteiger partial charge is 0.258 e. The SMILES string of the molecule is N#Cc1cc([N+](=O)[O-])c(F)c([N+](=O)[O-])c1. The number of benzene rings is 1. The van der Waals surface area contributed by atoms with Crippen molar-refractivity contribution in [1.29, 1.82) is 5.26 Å². The van der Waals surface area contributed by atoms with Crippen LogP contribution in [0.25, 0.3) is 0 Å². The van der Waals surface area contributed by atoms with Crippen molar-refractivity contribution in [3.8, 4) is 6.07 Å². The van der Waals surface area contributed by atoms with E-state index in [2.05, 4.69) is 0 Å². The summed E-state index contributed by atoms with van der Waals surface area (Å²) in [5.41, 5.74) is -2.50. The molecule has 0 amide bonds. The van der Waals surface area contributed by atoms with E-state index >= 15 is 0 Å². The molecule has 0 fully saturated rings. The maximum absolute atomic E-state index is 13.1. The molecular weight excluding hydrogens is 209 g/mol. The highest BCUT2D eigenvalue weighted by atomic mass is 19.1. The molecule has 8 heteroatoms. The van der Waals surface area contributed by atoms with E-state index in [0.29, 0.717) is 12.1 Å². The van der Waals surface area contributed by atoms with Gasteiger partial charge in [0.05, 0.1) is 21.5 Å². The monoisotopic (exact) mass is 211 g/mol. The zero-order valence-corrected chi connectivity index (χ0v) is 7.01. The highest BCUT2D eigenvalue weighted by molar-refractivity contribution is 5.52. The Morgan fingerprint density at radius 2 is 1.60 bits per heavy atom. The molecule has 0 heterocycles. The third-order valence-electron chi connectivity index (χ3n) is 1.56. The second-order valence-corrected chi connectivity index (χ2v) is 2.45. The van der Waals surface area contributed by atoms with E-state index in [1.165, 1.54) is 6.07 Å². The van der Waals surface area contributed by atoms with E-state index < -0.39 is 27.0 Å². The predicted molar refractivity (Wildman–Crippen MR) is 44.4 cm³/mol. The fourth-order valence-electron chi connectivity index (χ4n) is 0.924. The zero-order chi connectivity index (χ0) is 11.6. The number of halogens is 1. The van der Waals surface area contributed by atoms with Gasteiger partial charge in [-0.25, -0.2) is 0 Å². The number of hydrogen-bond acceptors (Lipinski definition) is 5. The molecule has 0 aliphatic carbocycles. The first-order valence-corrected chi connectivity index (χ1v) is 3.49. The van der Waals surface area contributed by atoms with Crippen LogP contribution in [0.5, 0.6) is 0 Å². The van der Waals surface area contributed by atoms with E-state index in [4.69, 9.17) is 5.26 Å². The van der Waals surface area contributed by atoms with Crippen LogP contribution in [0, 0.1) is 37.4 Å². The summed E-state index contributed by atoms with van der Waals surface area (Å²) in [6, 6.07) is 2.75. The molecule has 0 atom stereocenters. The number of hydrogen-bond donors (Lipinski definition) is 0. The Bertz CT molecular complexity index is 458. The van der Waals surface area contributed by atoms with Gasteiger partial charge in [-0.15, -0.1) is 0 Å². The van der Waals surface area contributed by atoms with Gasteiger partial charge in [0.25, 0.3) is 5.82 Å². The number of nitriles is 1. The average Bonchev–Trinajstić information content (AvgIpc) is 2.17. The minimum Gasteiger partial charge on any atom is -0.258 e. The minimum atomic E-state index is -1.55. The van der Waals surface area contributed by atoms with Crippen LogP contribution in [-0.2, 0) is 0 Å². The minimum absolute atomic E-state index is 0.338. The Morgan fingerprint density at radius 1 is 1.20 bits per heavy atom. The van der Waals surface area contributed by atoms with E-state index in [1.54, 1.807) is 0 Å². The van der Waals surface area contributed by atoms with Gasteiger partial charge in [-0.1, -0.05) is 0 Å². The Balaban J connectivity index is 3.56. The third-order valence-corrected chi connectivity index (χ3v) is 1.56. The van der Waals surface area contributed by atoms with Crippen LogP contribution in [0.1, 0.15) is 5.56 Å². The summed E-state index contributed by atoms with van der Waals surface area (Å²) >= 11 is 0. The molecule has 0 N–H and O–H groups in total. The van der Waals surface area contributed by atoms with Crippen molar-refractivity contribution < 1.29 is 14.2 Å². The van der Waals surface area contributed by atoms with Gasteiger partial charge >= 0.3 is 11.4 Å². The van der Waals surface area contributed by atoms with E-state index in [1.807, 2.05) is 0 Å². The first-order chi connectivity index (χ1) is 6.97. The van der Waals surface area contributed by atoms with Crippen molar-refractivity contribution in [3.05, 3.63) is 43.7 Å². The standard InChI is InChI=1S/C7H2FN3O4/c8-7-5(10(12)13)1-4(3-9)2-6(7)11(14)15/h1-2H. The van der Waals surface area contributed by atoms with E-state index in [0.717, 1.165) is 0 Å². The van der Waals surface area contributed by atoms with Crippen LogP contribution in [0.15, 0.2) is 12.1 Å². The second-order valence-electron chi connectivity index (χ2n) is 2.45. The third kappa shape index (κ3) is 1.86. The lowest BCUT2D eigenvalue weighted by atomic mass is 10.2. The molecule has 7 nitrogen and oxygen atoms in total. The summed E-state index contributed by atoms with van der Waals surface area (Å²) in [6.07, 6.45) is 0. The Kier molecular flexibility index (Phi) is 2.57. The molecule has 0 spiro atoms.